The maximum absolute atomic E-state index is 13.5. The molecule has 1 aromatic carbocycles. The number of halogens is 3. The van der Waals surface area contributed by atoms with Gasteiger partial charge in [-0.2, -0.15) is 13.2 Å². The average molecular weight is 505 g/mol. The van der Waals surface area contributed by atoms with E-state index in [1.807, 2.05) is 0 Å². The molecule has 0 saturated heterocycles. The number of rotatable bonds is 8. The van der Waals surface area contributed by atoms with Crippen molar-refractivity contribution in [1.29, 1.82) is 0 Å². The number of ether oxygens (including phenoxy) is 1. The van der Waals surface area contributed by atoms with Gasteiger partial charge in [-0.15, -0.1) is 0 Å². The van der Waals surface area contributed by atoms with Gasteiger partial charge in [0.15, 0.2) is 5.76 Å². The van der Waals surface area contributed by atoms with Crippen molar-refractivity contribution in [2.45, 2.75) is 44.1 Å². The van der Waals surface area contributed by atoms with Crippen molar-refractivity contribution >= 4 is 11.8 Å². The lowest BCUT2D eigenvalue weighted by Crippen LogP contribution is -2.48. The molecule has 0 spiro atoms. The molecular formula is C24H22F3N3O6. The Morgan fingerprint density at radius 3 is 2.50 bits per heavy atom. The van der Waals surface area contributed by atoms with Crippen LogP contribution in [0.5, 0.6) is 17.4 Å². The minimum Gasteiger partial charge on any atom is -0.481 e. The summed E-state index contributed by atoms with van der Waals surface area (Å²) in [5.74, 6) is -2.00. The van der Waals surface area contributed by atoms with E-state index in [1.54, 1.807) is 0 Å². The van der Waals surface area contributed by atoms with Crippen molar-refractivity contribution in [3.8, 4) is 17.4 Å². The van der Waals surface area contributed by atoms with Crippen LogP contribution in [0.3, 0.4) is 0 Å². The molecule has 190 valence electrons. The van der Waals surface area contributed by atoms with Crippen LogP contribution >= 0.6 is 0 Å². The van der Waals surface area contributed by atoms with Gasteiger partial charge in [-0.25, -0.2) is 0 Å². The van der Waals surface area contributed by atoms with Crippen LogP contribution in [-0.2, 0) is 17.5 Å². The quantitative estimate of drug-likeness (QED) is 0.366. The number of carbonyl (C=O) groups is 2. The summed E-state index contributed by atoms with van der Waals surface area (Å²) in [5.41, 5.74) is -1.60. The van der Waals surface area contributed by atoms with Crippen LogP contribution < -0.4 is 15.4 Å². The Labute approximate surface area is 202 Å². The number of pyridine rings is 1. The zero-order valence-electron chi connectivity index (χ0n) is 18.9. The smallest absolute Gasteiger partial charge is 0.419 e. The highest BCUT2D eigenvalue weighted by atomic mass is 19.4. The Balaban J connectivity index is 1.36. The summed E-state index contributed by atoms with van der Waals surface area (Å²) in [6, 6.07) is 8.69. The number of alkyl halides is 3. The number of hydrogen-bond acceptors (Lipinski definition) is 7. The summed E-state index contributed by atoms with van der Waals surface area (Å²) in [5, 5.41) is 24.1. The molecular weight excluding hydrogens is 483 g/mol. The Bertz CT molecular complexity index is 1270. The zero-order valence-corrected chi connectivity index (χ0v) is 18.9. The minimum absolute atomic E-state index is 0.00909. The number of aromatic nitrogens is 1. The maximum atomic E-state index is 13.5. The fraction of sp³-hybridized carbons (Fsp3) is 0.292. The molecule has 1 atom stereocenters. The molecule has 0 bridgehead atoms. The highest BCUT2D eigenvalue weighted by Crippen LogP contribution is 2.39. The summed E-state index contributed by atoms with van der Waals surface area (Å²) in [6.45, 7) is 1.37. The molecule has 12 heteroatoms. The number of aliphatic hydroxyl groups is 1. The fourth-order valence-electron chi connectivity index (χ4n) is 3.42. The molecule has 2 heterocycles. The second kappa shape index (κ2) is 9.53. The van der Waals surface area contributed by atoms with Crippen molar-refractivity contribution in [3.05, 3.63) is 71.2 Å². The number of carbonyl (C=O) groups excluding carboxylic acids is 2. The van der Waals surface area contributed by atoms with E-state index in [2.05, 4.69) is 15.6 Å². The van der Waals surface area contributed by atoms with Crippen LogP contribution in [0.2, 0.25) is 0 Å². The number of benzene rings is 1. The molecule has 4 rings (SSSR count). The summed E-state index contributed by atoms with van der Waals surface area (Å²) < 4.78 is 50.6. The molecule has 1 aliphatic carbocycles. The predicted octanol–water partition coefficient (Wildman–Crippen LogP) is 3.82. The number of furan rings is 1. The third-order valence-corrected chi connectivity index (χ3v) is 5.60. The van der Waals surface area contributed by atoms with E-state index in [4.69, 9.17) is 9.15 Å². The van der Waals surface area contributed by atoms with Gasteiger partial charge in [0.2, 0.25) is 5.91 Å². The van der Waals surface area contributed by atoms with Crippen LogP contribution in [0.4, 0.5) is 13.2 Å². The number of nitrogens with one attached hydrogen (secondary N) is 2. The van der Waals surface area contributed by atoms with E-state index in [0.717, 1.165) is 12.1 Å². The molecule has 0 radical (unpaired) electrons. The van der Waals surface area contributed by atoms with Gasteiger partial charge in [-0.3, -0.25) is 14.6 Å². The van der Waals surface area contributed by atoms with E-state index >= 15 is 0 Å². The van der Waals surface area contributed by atoms with Crippen molar-refractivity contribution < 1.29 is 42.1 Å². The molecule has 2 aromatic heterocycles. The van der Waals surface area contributed by atoms with E-state index in [-0.39, 0.29) is 23.6 Å². The topological polar surface area (TPSA) is 134 Å². The first-order chi connectivity index (χ1) is 17.0. The first-order valence-corrected chi connectivity index (χ1v) is 10.9. The third kappa shape index (κ3) is 5.60. The molecule has 9 nitrogen and oxygen atoms in total. The van der Waals surface area contributed by atoms with E-state index in [9.17, 15) is 33.0 Å². The predicted molar refractivity (Wildman–Crippen MR) is 118 cm³/mol. The largest absolute Gasteiger partial charge is 0.481 e. The standard InChI is InChI=1S/C24H22F3N3O6/c1-13(31)14-2-5-18(17(10-14)24(25,26)27)35-16-4-3-15(28-12-16)11-29-22(34)23(8-9-23)30-21(33)19-6-7-20(32)36-19/h2-7,10,12-13,31-32H,8-9,11H2,1H3,(H,29,34)(H,30,33). The summed E-state index contributed by atoms with van der Waals surface area (Å²) >= 11 is 0. The molecule has 1 saturated carbocycles. The van der Waals surface area contributed by atoms with Crippen LogP contribution in [0.15, 0.2) is 53.1 Å². The summed E-state index contributed by atoms with van der Waals surface area (Å²) in [7, 11) is 0. The normalized spacial score (nSPS) is 15.1. The molecule has 1 aliphatic rings. The molecule has 2 amide bonds. The summed E-state index contributed by atoms with van der Waals surface area (Å²) in [6.07, 6.45) is -3.69. The molecule has 1 unspecified atom stereocenters. The lowest BCUT2D eigenvalue weighted by Gasteiger charge is -2.17. The molecule has 4 N–H and O–H groups in total. The zero-order chi connectivity index (χ0) is 26.1. The van der Waals surface area contributed by atoms with Crippen LogP contribution in [-0.4, -0.2) is 32.6 Å². The second-order valence-electron chi connectivity index (χ2n) is 8.37. The number of amides is 2. The highest BCUT2D eigenvalue weighted by Gasteiger charge is 2.51. The number of aliphatic hydroxyl groups excluding tert-OH is 1. The van der Waals surface area contributed by atoms with E-state index in [1.165, 1.54) is 43.5 Å². The van der Waals surface area contributed by atoms with Gasteiger partial charge in [0, 0.05) is 6.07 Å². The van der Waals surface area contributed by atoms with Crippen LogP contribution in [0.25, 0.3) is 0 Å². The van der Waals surface area contributed by atoms with Crippen molar-refractivity contribution in [2.75, 3.05) is 0 Å². The second-order valence-corrected chi connectivity index (χ2v) is 8.37. The van der Waals surface area contributed by atoms with Gasteiger partial charge in [0.1, 0.15) is 17.0 Å². The van der Waals surface area contributed by atoms with Gasteiger partial charge in [0.05, 0.1) is 30.1 Å². The maximum Gasteiger partial charge on any atom is 0.419 e. The minimum atomic E-state index is -4.69. The van der Waals surface area contributed by atoms with Crippen molar-refractivity contribution in [1.82, 2.24) is 15.6 Å². The molecule has 1 fully saturated rings. The van der Waals surface area contributed by atoms with Crippen LogP contribution in [0.1, 0.15) is 53.2 Å². The van der Waals surface area contributed by atoms with E-state index < -0.39 is 46.9 Å². The fourth-order valence-corrected chi connectivity index (χ4v) is 3.42. The Hall–Kier alpha value is -4.06. The molecule has 3 aromatic rings. The highest BCUT2D eigenvalue weighted by molar-refractivity contribution is 5.99. The van der Waals surface area contributed by atoms with Crippen molar-refractivity contribution in [3.63, 3.8) is 0 Å². The van der Waals surface area contributed by atoms with Gasteiger partial charge in [-0.05, 0) is 55.7 Å². The molecule has 0 aliphatic heterocycles. The summed E-state index contributed by atoms with van der Waals surface area (Å²) in [4.78, 5) is 28.9. The van der Waals surface area contributed by atoms with Gasteiger partial charge in [0.25, 0.3) is 11.9 Å². The number of hydrogen-bond donors (Lipinski definition) is 4. The van der Waals surface area contributed by atoms with Crippen LogP contribution in [0, 0.1) is 0 Å². The number of aromatic hydroxyl groups is 1. The number of nitrogens with zero attached hydrogens (tertiary/aromatic N) is 1. The molecule has 36 heavy (non-hydrogen) atoms. The Morgan fingerprint density at radius 1 is 1.19 bits per heavy atom. The Morgan fingerprint density at radius 2 is 1.94 bits per heavy atom. The average Bonchev–Trinajstić information content (AvgIpc) is 3.48. The van der Waals surface area contributed by atoms with E-state index in [0.29, 0.717) is 18.5 Å². The van der Waals surface area contributed by atoms with Gasteiger partial charge < -0.3 is 30.0 Å². The Kier molecular flexibility index (Phi) is 6.63. The lowest BCUT2D eigenvalue weighted by molar-refractivity contribution is -0.138. The van der Waals surface area contributed by atoms with Gasteiger partial charge in [-0.1, -0.05) is 6.07 Å². The monoisotopic (exact) mass is 505 g/mol. The van der Waals surface area contributed by atoms with Crippen molar-refractivity contribution in [2.24, 2.45) is 0 Å². The lowest BCUT2D eigenvalue weighted by atomic mass is 10.1. The van der Waals surface area contributed by atoms with Gasteiger partial charge >= 0.3 is 6.18 Å². The first-order valence-electron chi connectivity index (χ1n) is 10.9. The first kappa shape index (κ1) is 25.0. The SMILES string of the molecule is CC(O)c1ccc(Oc2ccc(CNC(=O)C3(NC(=O)c4ccc(O)o4)CC3)nc2)c(C(F)(F)F)c1. The third-order valence-electron chi connectivity index (χ3n) is 5.60.